The Morgan fingerprint density at radius 1 is 1.03 bits per heavy atom. The smallest absolute Gasteiger partial charge is 0.269 e. The average Bonchev–Trinajstić information content (AvgIpc) is 3.23. The fourth-order valence-corrected chi connectivity index (χ4v) is 5.54. The van der Waals surface area contributed by atoms with Crippen LogP contribution < -0.4 is 5.32 Å². The molecule has 0 saturated carbocycles. The molecule has 10 heteroatoms. The summed E-state index contributed by atoms with van der Waals surface area (Å²) in [5, 5.41) is 15.5. The minimum absolute atomic E-state index is 0.0678. The summed E-state index contributed by atoms with van der Waals surface area (Å²) in [6.45, 7) is 0. The average molecular weight is 454 g/mol. The van der Waals surface area contributed by atoms with Gasteiger partial charge in [0, 0.05) is 12.1 Å². The van der Waals surface area contributed by atoms with Crippen LogP contribution in [0.5, 0.6) is 0 Å². The maximum atomic E-state index is 12.7. The van der Waals surface area contributed by atoms with E-state index >= 15 is 0 Å². The van der Waals surface area contributed by atoms with Crippen molar-refractivity contribution in [3.8, 4) is 0 Å². The molecule has 0 atom stereocenters. The topological polar surface area (TPSA) is 119 Å². The number of aromatic nitrogens is 1. The predicted octanol–water partition coefficient (Wildman–Crippen LogP) is 4.22. The first kappa shape index (κ1) is 20.6. The number of benzene rings is 3. The Labute approximate surface area is 181 Å². The van der Waals surface area contributed by atoms with Crippen LogP contribution in [-0.4, -0.2) is 24.2 Å². The van der Waals surface area contributed by atoms with Gasteiger partial charge in [0.15, 0.2) is 5.13 Å². The first-order valence-corrected chi connectivity index (χ1v) is 11.4. The lowest BCUT2D eigenvalue weighted by atomic mass is 10.0. The standard InChI is InChI=1S/C21H15N3O5S2/c25-19(12-15-6-3-5-14-4-1-2-7-18(14)15)23-21-22-13-20(30-21)31(28,29)17-10-8-16(9-11-17)24(26)27/h1-11,13H,12H2,(H,22,23,25). The molecule has 0 saturated heterocycles. The summed E-state index contributed by atoms with van der Waals surface area (Å²) in [6.07, 6.45) is 1.28. The van der Waals surface area contributed by atoms with Crippen LogP contribution in [0.25, 0.3) is 10.8 Å². The van der Waals surface area contributed by atoms with Crippen molar-refractivity contribution in [1.29, 1.82) is 0 Å². The van der Waals surface area contributed by atoms with Crippen LogP contribution in [0.1, 0.15) is 5.56 Å². The summed E-state index contributed by atoms with van der Waals surface area (Å²) in [5.74, 6) is -0.315. The first-order chi connectivity index (χ1) is 14.8. The third-order valence-electron chi connectivity index (χ3n) is 4.58. The minimum atomic E-state index is -3.90. The maximum absolute atomic E-state index is 12.7. The molecule has 0 aliphatic rings. The number of nitro benzene ring substituents is 1. The Balaban J connectivity index is 1.50. The zero-order valence-electron chi connectivity index (χ0n) is 15.9. The van der Waals surface area contributed by atoms with E-state index < -0.39 is 14.8 Å². The van der Waals surface area contributed by atoms with Crippen molar-refractivity contribution in [2.75, 3.05) is 5.32 Å². The number of nitrogens with one attached hydrogen (secondary N) is 1. The van der Waals surface area contributed by atoms with Crippen molar-refractivity contribution in [2.24, 2.45) is 0 Å². The largest absolute Gasteiger partial charge is 0.302 e. The van der Waals surface area contributed by atoms with Crippen LogP contribution in [0.3, 0.4) is 0 Å². The number of sulfone groups is 1. The number of carbonyl (C=O) groups is 1. The number of rotatable bonds is 6. The van der Waals surface area contributed by atoms with Gasteiger partial charge in [0.2, 0.25) is 15.7 Å². The quantitative estimate of drug-likeness (QED) is 0.345. The fraction of sp³-hybridized carbons (Fsp3) is 0.0476. The van der Waals surface area contributed by atoms with Crippen LogP contribution in [0.15, 0.2) is 82.0 Å². The fourth-order valence-electron chi connectivity index (χ4n) is 3.09. The van der Waals surface area contributed by atoms with E-state index in [4.69, 9.17) is 0 Å². The van der Waals surface area contributed by atoms with Gasteiger partial charge in [-0.15, -0.1) is 0 Å². The number of nitro groups is 1. The highest BCUT2D eigenvalue weighted by Gasteiger charge is 2.22. The van der Waals surface area contributed by atoms with E-state index in [-0.39, 0.29) is 32.3 Å². The molecule has 1 aromatic heterocycles. The number of thiazole rings is 1. The molecule has 0 fully saturated rings. The number of hydrogen-bond acceptors (Lipinski definition) is 7. The maximum Gasteiger partial charge on any atom is 0.269 e. The molecular weight excluding hydrogens is 438 g/mol. The lowest BCUT2D eigenvalue weighted by Gasteiger charge is -2.06. The van der Waals surface area contributed by atoms with Gasteiger partial charge < -0.3 is 5.32 Å². The lowest BCUT2D eigenvalue weighted by molar-refractivity contribution is -0.384. The zero-order valence-corrected chi connectivity index (χ0v) is 17.5. The predicted molar refractivity (Wildman–Crippen MR) is 117 cm³/mol. The molecule has 4 aromatic rings. The zero-order chi connectivity index (χ0) is 22.0. The molecule has 0 radical (unpaired) electrons. The summed E-state index contributed by atoms with van der Waals surface area (Å²) in [4.78, 5) is 26.6. The normalized spacial score (nSPS) is 11.4. The second kappa shape index (κ2) is 8.25. The van der Waals surface area contributed by atoms with E-state index in [0.717, 1.165) is 46.0 Å². The molecule has 1 N–H and O–H groups in total. The van der Waals surface area contributed by atoms with Gasteiger partial charge in [-0.1, -0.05) is 53.8 Å². The SMILES string of the molecule is O=C(Cc1cccc2ccccc12)Nc1ncc(S(=O)(=O)c2ccc([N+](=O)[O-])cc2)s1. The van der Waals surface area contributed by atoms with E-state index in [1.807, 2.05) is 42.5 Å². The van der Waals surface area contributed by atoms with Gasteiger partial charge in [0.05, 0.1) is 22.4 Å². The highest BCUT2D eigenvalue weighted by molar-refractivity contribution is 7.93. The van der Waals surface area contributed by atoms with Crippen molar-refractivity contribution >= 4 is 48.7 Å². The van der Waals surface area contributed by atoms with Gasteiger partial charge in [-0.05, 0) is 28.5 Å². The number of non-ortho nitro benzene ring substituents is 1. The lowest BCUT2D eigenvalue weighted by Crippen LogP contribution is -2.14. The number of hydrogen-bond donors (Lipinski definition) is 1. The molecule has 1 heterocycles. The summed E-state index contributed by atoms with van der Waals surface area (Å²) in [6, 6.07) is 18.0. The second-order valence-electron chi connectivity index (χ2n) is 6.60. The highest BCUT2D eigenvalue weighted by atomic mass is 32.2. The van der Waals surface area contributed by atoms with Gasteiger partial charge in [-0.25, -0.2) is 13.4 Å². The molecule has 0 unspecified atom stereocenters. The molecule has 0 spiro atoms. The first-order valence-electron chi connectivity index (χ1n) is 9.06. The third kappa shape index (κ3) is 4.30. The number of fused-ring (bicyclic) bond motifs is 1. The van der Waals surface area contributed by atoms with Crippen molar-refractivity contribution in [1.82, 2.24) is 4.98 Å². The Hall–Kier alpha value is -3.63. The molecule has 3 aromatic carbocycles. The van der Waals surface area contributed by atoms with Crippen LogP contribution >= 0.6 is 11.3 Å². The third-order valence-corrected chi connectivity index (χ3v) is 7.73. The van der Waals surface area contributed by atoms with E-state index in [1.54, 1.807) is 0 Å². The second-order valence-corrected chi connectivity index (χ2v) is 9.81. The Morgan fingerprint density at radius 2 is 1.74 bits per heavy atom. The van der Waals surface area contributed by atoms with Crippen LogP contribution in [0.4, 0.5) is 10.8 Å². The molecule has 156 valence electrons. The summed E-state index contributed by atoms with van der Waals surface area (Å²) in [7, 11) is -3.90. The summed E-state index contributed by atoms with van der Waals surface area (Å²) >= 11 is 0.823. The van der Waals surface area contributed by atoms with Gasteiger partial charge in [-0.3, -0.25) is 14.9 Å². The van der Waals surface area contributed by atoms with E-state index in [9.17, 15) is 23.3 Å². The van der Waals surface area contributed by atoms with Crippen LogP contribution in [0, 0.1) is 10.1 Å². The number of amides is 1. The molecule has 1 amide bonds. The Morgan fingerprint density at radius 3 is 2.48 bits per heavy atom. The number of anilines is 1. The van der Waals surface area contributed by atoms with Crippen molar-refractivity contribution < 1.29 is 18.1 Å². The minimum Gasteiger partial charge on any atom is -0.302 e. The van der Waals surface area contributed by atoms with E-state index in [1.165, 1.54) is 12.1 Å². The number of nitrogens with zero attached hydrogens (tertiary/aromatic N) is 2. The van der Waals surface area contributed by atoms with E-state index in [2.05, 4.69) is 10.3 Å². The van der Waals surface area contributed by atoms with Crippen LogP contribution in [-0.2, 0) is 21.1 Å². The molecule has 31 heavy (non-hydrogen) atoms. The Bertz CT molecular complexity index is 1390. The van der Waals surface area contributed by atoms with Crippen molar-refractivity contribution in [3.05, 3.63) is 88.6 Å². The molecular formula is C21H15N3O5S2. The monoisotopic (exact) mass is 453 g/mol. The molecule has 0 aliphatic heterocycles. The Kier molecular flexibility index (Phi) is 5.49. The van der Waals surface area contributed by atoms with Gasteiger partial charge in [-0.2, -0.15) is 0 Å². The van der Waals surface area contributed by atoms with Crippen LogP contribution in [0.2, 0.25) is 0 Å². The van der Waals surface area contributed by atoms with Crippen molar-refractivity contribution in [3.63, 3.8) is 0 Å². The molecule has 4 rings (SSSR count). The van der Waals surface area contributed by atoms with Gasteiger partial charge >= 0.3 is 0 Å². The molecule has 8 nitrogen and oxygen atoms in total. The van der Waals surface area contributed by atoms with Crippen molar-refractivity contribution in [2.45, 2.75) is 15.5 Å². The summed E-state index contributed by atoms with van der Waals surface area (Å²) in [5.41, 5.74) is 0.649. The number of carbonyl (C=O) groups excluding carboxylic acids is 1. The molecule has 0 aliphatic carbocycles. The molecule has 0 bridgehead atoms. The van der Waals surface area contributed by atoms with E-state index in [0.29, 0.717) is 0 Å². The van der Waals surface area contributed by atoms with Gasteiger partial charge in [0.25, 0.3) is 5.69 Å². The highest BCUT2D eigenvalue weighted by Crippen LogP contribution is 2.29. The van der Waals surface area contributed by atoms with Gasteiger partial charge in [0.1, 0.15) is 4.21 Å². The summed E-state index contributed by atoms with van der Waals surface area (Å²) < 4.78 is 25.4.